The standard InChI is InChI=1S/C49H30N6O/c1-5-17-31(18-6-1)39-30-40(32-19-7-2-8-20-32)51-48(50-39)38-29-37-35-25-14-16-28-42(35)56-45(37)44-43(38)36-26-13-15-27-41(36)55(44)49-53-46(33-21-9-3-10-22-33)52-47(54-49)34-23-11-4-12-24-34/h1-30H. The van der Waals surface area contributed by atoms with Crippen molar-refractivity contribution >= 4 is 43.7 Å². The van der Waals surface area contributed by atoms with Crippen LogP contribution in [0.15, 0.2) is 186 Å². The first-order valence-electron chi connectivity index (χ1n) is 18.5. The van der Waals surface area contributed by atoms with Gasteiger partial charge in [-0.3, -0.25) is 4.57 Å². The molecule has 4 heterocycles. The third-order valence-corrected chi connectivity index (χ3v) is 10.3. The molecular formula is C49H30N6O. The van der Waals surface area contributed by atoms with E-state index in [9.17, 15) is 0 Å². The minimum Gasteiger partial charge on any atom is -0.454 e. The first-order chi connectivity index (χ1) is 27.8. The third-order valence-electron chi connectivity index (χ3n) is 10.3. The number of rotatable bonds is 6. The van der Waals surface area contributed by atoms with E-state index in [4.69, 9.17) is 29.3 Å². The topological polar surface area (TPSA) is 82.5 Å². The highest BCUT2D eigenvalue weighted by Crippen LogP contribution is 2.45. The van der Waals surface area contributed by atoms with Gasteiger partial charge in [0.05, 0.1) is 16.9 Å². The molecule has 0 amide bonds. The van der Waals surface area contributed by atoms with Crippen molar-refractivity contribution in [2.75, 3.05) is 0 Å². The SMILES string of the molecule is c1ccc(-c2cc(-c3ccccc3)nc(-c3cc4c5ccccc5oc4c4c3c3ccccc3n4-c3nc(-c4ccccc4)nc(-c4ccccc4)n3)n2)cc1. The predicted molar refractivity (Wildman–Crippen MR) is 224 cm³/mol. The Balaban J connectivity index is 1.29. The second kappa shape index (κ2) is 13.0. The summed E-state index contributed by atoms with van der Waals surface area (Å²) in [7, 11) is 0. The predicted octanol–water partition coefficient (Wildman–Crippen LogP) is 12.0. The van der Waals surface area contributed by atoms with E-state index in [1.54, 1.807) is 0 Å². The molecule has 0 spiro atoms. The second-order valence-electron chi connectivity index (χ2n) is 13.7. The summed E-state index contributed by atoms with van der Waals surface area (Å²) in [5.41, 5.74) is 9.61. The van der Waals surface area contributed by atoms with Crippen LogP contribution in [-0.4, -0.2) is 29.5 Å². The van der Waals surface area contributed by atoms with Gasteiger partial charge in [-0.15, -0.1) is 0 Å². The lowest BCUT2D eigenvalue weighted by atomic mass is 10.0. The molecule has 0 bridgehead atoms. The van der Waals surface area contributed by atoms with Crippen molar-refractivity contribution in [3.8, 4) is 62.6 Å². The van der Waals surface area contributed by atoms with Crippen LogP contribution >= 0.6 is 0 Å². The van der Waals surface area contributed by atoms with Gasteiger partial charge in [-0.2, -0.15) is 9.97 Å². The Morgan fingerprint density at radius 1 is 0.393 bits per heavy atom. The number of para-hydroxylation sites is 2. The van der Waals surface area contributed by atoms with Crippen molar-refractivity contribution in [3.63, 3.8) is 0 Å². The molecule has 0 radical (unpaired) electrons. The molecule has 7 nitrogen and oxygen atoms in total. The molecule has 0 N–H and O–H groups in total. The van der Waals surface area contributed by atoms with Crippen molar-refractivity contribution in [1.82, 2.24) is 29.5 Å². The zero-order chi connectivity index (χ0) is 37.0. The van der Waals surface area contributed by atoms with E-state index >= 15 is 0 Å². The number of aromatic nitrogens is 6. The highest BCUT2D eigenvalue weighted by atomic mass is 16.3. The molecule has 0 saturated heterocycles. The van der Waals surface area contributed by atoms with Gasteiger partial charge < -0.3 is 4.42 Å². The van der Waals surface area contributed by atoms with Crippen LogP contribution in [0.1, 0.15) is 0 Å². The number of benzene rings is 7. The Morgan fingerprint density at radius 2 is 0.893 bits per heavy atom. The summed E-state index contributed by atoms with van der Waals surface area (Å²) in [5.74, 6) is 2.23. The number of nitrogens with zero attached hydrogens (tertiary/aromatic N) is 6. The molecule has 0 aliphatic carbocycles. The van der Waals surface area contributed by atoms with E-state index < -0.39 is 0 Å². The maximum absolute atomic E-state index is 6.83. The molecule has 11 aromatic rings. The fourth-order valence-corrected chi connectivity index (χ4v) is 7.69. The average molecular weight is 719 g/mol. The third kappa shape index (κ3) is 5.25. The molecule has 7 aromatic carbocycles. The Kier molecular flexibility index (Phi) is 7.35. The van der Waals surface area contributed by atoms with Crippen LogP contribution in [0.25, 0.3) is 106 Å². The van der Waals surface area contributed by atoms with Crippen molar-refractivity contribution in [1.29, 1.82) is 0 Å². The number of furan rings is 1. The normalized spacial score (nSPS) is 11.6. The maximum atomic E-state index is 6.83. The van der Waals surface area contributed by atoms with E-state index in [1.807, 2.05) is 121 Å². The number of hydrogen-bond donors (Lipinski definition) is 0. The molecule has 262 valence electrons. The van der Waals surface area contributed by atoms with Crippen molar-refractivity contribution in [2.24, 2.45) is 0 Å². The number of fused-ring (bicyclic) bond motifs is 7. The summed E-state index contributed by atoms with van der Waals surface area (Å²) in [6.45, 7) is 0. The molecule has 0 aliphatic rings. The lowest BCUT2D eigenvalue weighted by Gasteiger charge is -2.12. The largest absolute Gasteiger partial charge is 0.454 e. The van der Waals surface area contributed by atoms with Crippen LogP contribution in [0.3, 0.4) is 0 Å². The molecule has 0 fully saturated rings. The maximum Gasteiger partial charge on any atom is 0.238 e. The summed E-state index contributed by atoms with van der Waals surface area (Å²) in [5, 5.41) is 3.88. The van der Waals surface area contributed by atoms with Gasteiger partial charge in [0.2, 0.25) is 5.95 Å². The average Bonchev–Trinajstić information content (AvgIpc) is 3.83. The monoisotopic (exact) mass is 718 g/mol. The molecule has 0 aliphatic heterocycles. The molecule has 4 aromatic heterocycles. The molecule has 11 rings (SSSR count). The van der Waals surface area contributed by atoms with E-state index in [-0.39, 0.29) is 0 Å². The van der Waals surface area contributed by atoms with Crippen LogP contribution in [0.2, 0.25) is 0 Å². The Morgan fingerprint density at radius 3 is 1.48 bits per heavy atom. The zero-order valence-electron chi connectivity index (χ0n) is 29.9. The molecule has 0 saturated carbocycles. The highest BCUT2D eigenvalue weighted by Gasteiger charge is 2.26. The Hall–Kier alpha value is -7.77. The lowest BCUT2D eigenvalue weighted by molar-refractivity contribution is 0.670. The van der Waals surface area contributed by atoms with Crippen LogP contribution in [0, 0.1) is 0 Å². The van der Waals surface area contributed by atoms with Gasteiger partial charge in [-0.25, -0.2) is 15.0 Å². The van der Waals surface area contributed by atoms with Crippen LogP contribution in [0.4, 0.5) is 0 Å². The van der Waals surface area contributed by atoms with Crippen LogP contribution < -0.4 is 0 Å². The summed E-state index contributed by atoms with van der Waals surface area (Å²) >= 11 is 0. The molecule has 0 atom stereocenters. The fourth-order valence-electron chi connectivity index (χ4n) is 7.69. The van der Waals surface area contributed by atoms with Gasteiger partial charge in [0.15, 0.2) is 23.1 Å². The van der Waals surface area contributed by atoms with Crippen molar-refractivity contribution in [3.05, 3.63) is 182 Å². The quantitative estimate of drug-likeness (QED) is 0.170. The van der Waals surface area contributed by atoms with Crippen molar-refractivity contribution < 1.29 is 4.42 Å². The van der Waals surface area contributed by atoms with Crippen molar-refractivity contribution in [2.45, 2.75) is 0 Å². The Bertz CT molecular complexity index is 3120. The van der Waals surface area contributed by atoms with Gasteiger partial charge in [-0.1, -0.05) is 158 Å². The Labute approximate surface area is 321 Å². The summed E-state index contributed by atoms with van der Waals surface area (Å²) in [6, 6.07) is 61.4. The van der Waals surface area contributed by atoms with E-state index in [1.165, 1.54) is 0 Å². The van der Waals surface area contributed by atoms with Gasteiger partial charge in [0.1, 0.15) is 11.1 Å². The first-order valence-corrected chi connectivity index (χ1v) is 18.5. The first kappa shape index (κ1) is 31.7. The molecule has 56 heavy (non-hydrogen) atoms. The zero-order valence-corrected chi connectivity index (χ0v) is 29.9. The van der Waals surface area contributed by atoms with Gasteiger partial charge in [0, 0.05) is 49.4 Å². The second-order valence-corrected chi connectivity index (χ2v) is 13.7. The summed E-state index contributed by atoms with van der Waals surface area (Å²) < 4.78 is 8.95. The van der Waals surface area contributed by atoms with Gasteiger partial charge >= 0.3 is 0 Å². The summed E-state index contributed by atoms with van der Waals surface area (Å²) in [4.78, 5) is 26.1. The molecule has 7 heteroatoms. The van der Waals surface area contributed by atoms with E-state index in [0.29, 0.717) is 23.4 Å². The van der Waals surface area contributed by atoms with Gasteiger partial charge in [-0.05, 0) is 24.3 Å². The highest BCUT2D eigenvalue weighted by molar-refractivity contribution is 6.26. The minimum absolute atomic E-state index is 0.478. The van der Waals surface area contributed by atoms with E-state index in [2.05, 4.69) is 65.2 Å². The molecular weight excluding hydrogens is 689 g/mol. The van der Waals surface area contributed by atoms with E-state index in [0.717, 1.165) is 82.9 Å². The summed E-state index contributed by atoms with van der Waals surface area (Å²) in [6.07, 6.45) is 0. The minimum atomic E-state index is 0.478. The van der Waals surface area contributed by atoms with Crippen LogP contribution in [-0.2, 0) is 0 Å². The van der Waals surface area contributed by atoms with Crippen LogP contribution in [0.5, 0.6) is 0 Å². The lowest BCUT2D eigenvalue weighted by Crippen LogP contribution is -2.06. The smallest absolute Gasteiger partial charge is 0.238 e. The van der Waals surface area contributed by atoms with Gasteiger partial charge in [0.25, 0.3) is 0 Å². The molecule has 0 unspecified atom stereocenters. The number of hydrogen-bond acceptors (Lipinski definition) is 6. The fraction of sp³-hybridized carbons (Fsp3) is 0.